The minimum absolute atomic E-state index is 0.0815. The molecule has 2 N–H and O–H groups in total. The van der Waals surface area contributed by atoms with Gasteiger partial charge in [-0.25, -0.2) is 8.78 Å². The van der Waals surface area contributed by atoms with Crippen molar-refractivity contribution in [3.05, 3.63) is 101 Å². The first-order valence-corrected chi connectivity index (χ1v) is 10.3. The van der Waals surface area contributed by atoms with Crippen LogP contribution in [0.1, 0.15) is 27.0 Å². The Morgan fingerprint density at radius 1 is 1.06 bits per heavy atom. The molecule has 4 rings (SSSR count). The molecule has 1 amide bonds. The highest BCUT2D eigenvalue weighted by Crippen LogP contribution is 2.33. The van der Waals surface area contributed by atoms with E-state index in [0.717, 1.165) is 30.5 Å². The summed E-state index contributed by atoms with van der Waals surface area (Å²) in [4.78, 5) is 19.3. The Morgan fingerprint density at radius 3 is 2.49 bits per heavy atom. The average molecular weight is 487 g/mol. The Kier molecular flexibility index (Phi) is 6.54. The first kappa shape index (κ1) is 23.9. The zero-order valence-corrected chi connectivity index (χ0v) is 18.2. The van der Waals surface area contributed by atoms with E-state index in [1.54, 1.807) is 25.1 Å². The van der Waals surface area contributed by atoms with Crippen molar-refractivity contribution < 1.29 is 31.5 Å². The second kappa shape index (κ2) is 9.57. The number of carbonyl (C=O) groups excluding carboxylic acids is 1. The number of benzene rings is 2. The quantitative estimate of drug-likeness (QED) is 0.309. The van der Waals surface area contributed by atoms with Crippen molar-refractivity contribution >= 4 is 5.91 Å². The smallest absolute Gasteiger partial charge is 0.417 e. The molecule has 0 saturated carbocycles. The van der Waals surface area contributed by atoms with Gasteiger partial charge in [-0.1, -0.05) is 6.07 Å². The second-order valence-corrected chi connectivity index (χ2v) is 7.67. The van der Waals surface area contributed by atoms with Crippen LogP contribution in [-0.4, -0.2) is 15.9 Å². The first-order valence-electron chi connectivity index (χ1n) is 10.3. The summed E-state index contributed by atoms with van der Waals surface area (Å²) in [5.74, 6) is -1.32. The summed E-state index contributed by atoms with van der Waals surface area (Å²) in [6.07, 6.45) is -2.23. The SMILES string of the molecule is Cc1c(Oc2ccnc(-c3cc(C(F)(F)F)c[nH]3)c2)cccc1C(=O)NCc1cc(F)cc(F)c1. The fraction of sp³-hybridized carbons (Fsp3) is 0.120. The third kappa shape index (κ3) is 5.65. The van der Waals surface area contributed by atoms with Gasteiger partial charge in [0, 0.05) is 42.2 Å². The Balaban J connectivity index is 1.50. The van der Waals surface area contributed by atoms with E-state index in [1.165, 1.54) is 18.3 Å². The fourth-order valence-electron chi connectivity index (χ4n) is 3.42. The van der Waals surface area contributed by atoms with Gasteiger partial charge in [0.1, 0.15) is 23.1 Å². The van der Waals surface area contributed by atoms with Crippen LogP contribution in [0.3, 0.4) is 0 Å². The largest absolute Gasteiger partial charge is 0.457 e. The number of nitrogens with zero attached hydrogens (tertiary/aromatic N) is 1. The average Bonchev–Trinajstić information content (AvgIpc) is 3.30. The van der Waals surface area contributed by atoms with Gasteiger partial charge in [0.2, 0.25) is 0 Å². The number of H-pyrrole nitrogens is 1. The Bertz CT molecular complexity index is 1360. The number of carbonyl (C=O) groups is 1. The van der Waals surface area contributed by atoms with Crippen LogP contribution in [0.2, 0.25) is 0 Å². The van der Waals surface area contributed by atoms with E-state index in [0.29, 0.717) is 17.1 Å². The zero-order valence-electron chi connectivity index (χ0n) is 18.2. The predicted molar refractivity (Wildman–Crippen MR) is 118 cm³/mol. The highest BCUT2D eigenvalue weighted by molar-refractivity contribution is 5.96. The molecular formula is C25H18F5N3O2. The van der Waals surface area contributed by atoms with E-state index in [1.807, 2.05) is 0 Å². The lowest BCUT2D eigenvalue weighted by Gasteiger charge is -2.13. The normalized spacial score (nSPS) is 11.4. The minimum atomic E-state index is -4.48. The van der Waals surface area contributed by atoms with Crippen LogP contribution >= 0.6 is 0 Å². The van der Waals surface area contributed by atoms with Crippen LogP contribution < -0.4 is 10.1 Å². The number of pyridine rings is 1. The second-order valence-electron chi connectivity index (χ2n) is 7.67. The lowest BCUT2D eigenvalue weighted by atomic mass is 10.1. The highest BCUT2D eigenvalue weighted by Gasteiger charge is 2.31. The van der Waals surface area contributed by atoms with Crippen LogP contribution in [0.5, 0.6) is 11.5 Å². The maximum atomic E-state index is 13.4. The number of aromatic nitrogens is 2. The summed E-state index contributed by atoms with van der Waals surface area (Å²) in [6.45, 7) is 1.58. The molecule has 0 unspecified atom stereocenters. The lowest BCUT2D eigenvalue weighted by molar-refractivity contribution is -0.137. The van der Waals surface area contributed by atoms with E-state index in [9.17, 15) is 26.7 Å². The van der Waals surface area contributed by atoms with Crippen molar-refractivity contribution in [3.8, 4) is 22.9 Å². The Labute approximate surface area is 196 Å². The Morgan fingerprint density at radius 2 is 1.80 bits per heavy atom. The van der Waals surface area contributed by atoms with Crippen LogP contribution in [0.15, 0.2) is 67.0 Å². The molecule has 2 aromatic heterocycles. The molecular weight excluding hydrogens is 469 g/mol. The van der Waals surface area contributed by atoms with Gasteiger partial charge in [0.15, 0.2) is 0 Å². The zero-order chi connectivity index (χ0) is 25.2. The molecule has 10 heteroatoms. The fourth-order valence-corrected chi connectivity index (χ4v) is 3.42. The number of halogens is 5. The molecule has 180 valence electrons. The highest BCUT2D eigenvalue weighted by atomic mass is 19.4. The van der Waals surface area contributed by atoms with E-state index in [2.05, 4.69) is 15.3 Å². The number of rotatable bonds is 6. The van der Waals surface area contributed by atoms with Gasteiger partial charge in [-0.2, -0.15) is 13.2 Å². The van der Waals surface area contributed by atoms with Gasteiger partial charge in [0.25, 0.3) is 5.91 Å². The van der Waals surface area contributed by atoms with Crippen LogP contribution in [-0.2, 0) is 12.7 Å². The molecule has 0 spiro atoms. The molecule has 35 heavy (non-hydrogen) atoms. The number of ether oxygens (including phenoxy) is 1. The third-order valence-electron chi connectivity index (χ3n) is 5.15. The van der Waals surface area contributed by atoms with Gasteiger partial charge in [-0.05, 0) is 48.9 Å². The van der Waals surface area contributed by atoms with Crippen molar-refractivity contribution in [2.45, 2.75) is 19.6 Å². The van der Waals surface area contributed by atoms with Crippen molar-refractivity contribution in [3.63, 3.8) is 0 Å². The number of hydrogen-bond donors (Lipinski definition) is 2. The first-order chi connectivity index (χ1) is 16.6. The summed E-state index contributed by atoms with van der Waals surface area (Å²) >= 11 is 0. The molecule has 0 atom stereocenters. The van der Waals surface area contributed by atoms with Gasteiger partial charge >= 0.3 is 6.18 Å². The molecule has 2 heterocycles. The maximum Gasteiger partial charge on any atom is 0.417 e. The molecule has 0 radical (unpaired) electrons. The Hall–Kier alpha value is -4.21. The van der Waals surface area contributed by atoms with Gasteiger partial charge in [-0.15, -0.1) is 0 Å². The molecule has 0 bridgehead atoms. The number of amides is 1. The van der Waals surface area contributed by atoms with E-state index in [4.69, 9.17) is 4.74 Å². The van der Waals surface area contributed by atoms with E-state index in [-0.39, 0.29) is 29.1 Å². The molecule has 0 aliphatic heterocycles. The molecule has 0 aliphatic rings. The van der Waals surface area contributed by atoms with Crippen molar-refractivity contribution in [1.82, 2.24) is 15.3 Å². The number of nitrogens with one attached hydrogen (secondary N) is 2. The number of alkyl halides is 3. The standard InChI is InChI=1S/C25H18F5N3O2/c1-14-20(24(34)33-12-15-7-17(26)10-18(27)8-15)3-2-4-23(14)35-19-5-6-31-22(11-19)21-9-16(13-32-21)25(28,29)30/h2-11,13,32H,12H2,1H3,(H,33,34). The van der Waals surface area contributed by atoms with Crippen molar-refractivity contribution in [1.29, 1.82) is 0 Å². The van der Waals surface area contributed by atoms with Crippen LogP contribution in [0, 0.1) is 18.6 Å². The molecule has 0 saturated heterocycles. The molecule has 4 aromatic rings. The van der Waals surface area contributed by atoms with Gasteiger partial charge in [0.05, 0.1) is 17.0 Å². The van der Waals surface area contributed by atoms with E-state index >= 15 is 0 Å². The molecule has 0 aliphatic carbocycles. The topological polar surface area (TPSA) is 67.0 Å². The lowest BCUT2D eigenvalue weighted by Crippen LogP contribution is -2.23. The van der Waals surface area contributed by atoms with E-state index < -0.39 is 29.3 Å². The van der Waals surface area contributed by atoms with Gasteiger partial charge < -0.3 is 15.0 Å². The number of aromatic amines is 1. The molecule has 0 fully saturated rings. The molecule has 5 nitrogen and oxygen atoms in total. The van der Waals surface area contributed by atoms with Crippen LogP contribution in [0.25, 0.3) is 11.4 Å². The summed E-state index contributed by atoms with van der Waals surface area (Å²) in [7, 11) is 0. The third-order valence-corrected chi connectivity index (χ3v) is 5.15. The van der Waals surface area contributed by atoms with Crippen molar-refractivity contribution in [2.75, 3.05) is 0 Å². The summed E-state index contributed by atoms with van der Waals surface area (Å²) in [5.41, 5.74) is 0.633. The van der Waals surface area contributed by atoms with Crippen molar-refractivity contribution in [2.24, 2.45) is 0 Å². The molecule has 2 aromatic carbocycles. The monoisotopic (exact) mass is 487 g/mol. The summed E-state index contributed by atoms with van der Waals surface area (Å²) in [6, 6.07) is 11.7. The maximum absolute atomic E-state index is 13.4. The number of hydrogen-bond acceptors (Lipinski definition) is 3. The predicted octanol–water partition coefficient (Wildman–Crippen LogP) is 6.40. The minimum Gasteiger partial charge on any atom is -0.457 e. The summed E-state index contributed by atoms with van der Waals surface area (Å²) < 4.78 is 71.3. The van der Waals surface area contributed by atoms with Gasteiger partial charge in [-0.3, -0.25) is 9.78 Å². The summed E-state index contributed by atoms with van der Waals surface area (Å²) in [5, 5.41) is 2.61. The van der Waals surface area contributed by atoms with Crippen LogP contribution in [0.4, 0.5) is 22.0 Å².